The molecule has 34 heavy (non-hydrogen) atoms. The second-order valence-corrected chi connectivity index (χ2v) is 7.93. The lowest BCUT2D eigenvalue weighted by molar-refractivity contribution is -0.156. The summed E-state index contributed by atoms with van der Waals surface area (Å²) < 4.78 is 22.1. The smallest absolute Gasteiger partial charge is 0.335 e. The minimum atomic E-state index is -0.596. The molecule has 1 aliphatic rings. The van der Waals surface area contributed by atoms with Crippen molar-refractivity contribution >= 4 is 11.5 Å². The third-order valence-corrected chi connectivity index (χ3v) is 5.82. The molecule has 0 spiro atoms. The van der Waals surface area contributed by atoms with Gasteiger partial charge in [-0.05, 0) is 77.6 Å². The molecule has 5 nitrogen and oxygen atoms in total. The minimum Gasteiger partial charge on any atom is -0.497 e. The molecule has 0 saturated carbocycles. The zero-order valence-corrected chi connectivity index (χ0v) is 19.9. The van der Waals surface area contributed by atoms with Crippen LogP contribution in [0.2, 0.25) is 0 Å². The first-order chi connectivity index (χ1) is 16.6. The maximum atomic E-state index is 12.1. The van der Waals surface area contributed by atoms with Crippen LogP contribution in [0.1, 0.15) is 30.5 Å². The molecule has 0 saturated heterocycles. The zero-order chi connectivity index (χ0) is 23.9. The molecule has 5 heteroatoms. The van der Waals surface area contributed by atoms with Crippen LogP contribution in [0.3, 0.4) is 0 Å². The summed E-state index contributed by atoms with van der Waals surface area (Å²) in [5, 5.41) is 0. The van der Waals surface area contributed by atoms with Crippen LogP contribution in [0, 0.1) is 0 Å². The van der Waals surface area contributed by atoms with Crippen LogP contribution in [-0.4, -0.2) is 39.0 Å². The van der Waals surface area contributed by atoms with E-state index in [4.69, 9.17) is 18.9 Å². The zero-order valence-electron chi connectivity index (χ0n) is 19.9. The number of hydrogen-bond donors (Lipinski definition) is 0. The molecule has 0 heterocycles. The van der Waals surface area contributed by atoms with E-state index in [9.17, 15) is 4.79 Å². The van der Waals surface area contributed by atoms with E-state index in [0.29, 0.717) is 26.2 Å². The Balaban J connectivity index is 1.45. The number of ether oxygens (including phenoxy) is 4. The summed E-state index contributed by atoms with van der Waals surface area (Å²) in [5.74, 6) is 1.27. The van der Waals surface area contributed by atoms with E-state index in [0.717, 1.165) is 28.2 Å². The molecule has 1 unspecified atom stereocenters. The van der Waals surface area contributed by atoms with Gasteiger partial charge in [0.1, 0.15) is 18.1 Å². The monoisotopic (exact) mass is 458 g/mol. The maximum absolute atomic E-state index is 12.1. The normalized spacial score (nSPS) is 13.8. The predicted octanol–water partition coefficient (Wildman–Crippen LogP) is 5.70. The van der Waals surface area contributed by atoms with Gasteiger partial charge in [-0.15, -0.1) is 0 Å². The second-order valence-electron chi connectivity index (χ2n) is 7.93. The average molecular weight is 459 g/mol. The quantitative estimate of drug-likeness (QED) is 0.286. The Hall–Kier alpha value is -3.57. The molecule has 4 rings (SSSR count). The molecule has 1 atom stereocenters. The summed E-state index contributed by atoms with van der Waals surface area (Å²) in [6, 6.07) is 22.3. The van der Waals surface area contributed by atoms with E-state index in [1.807, 2.05) is 37.3 Å². The molecule has 0 fully saturated rings. The number of carbonyl (C=O) groups is 1. The molecule has 0 radical (unpaired) electrons. The van der Waals surface area contributed by atoms with E-state index >= 15 is 0 Å². The first kappa shape index (κ1) is 23.6. The van der Waals surface area contributed by atoms with Crippen molar-refractivity contribution in [2.24, 2.45) is 0 Å². The fourth-order valence-corrected chi connectivity index (χ4v) is 4.23. The highest BCUT2D eigenvalue weighted by Gasteiger charge is 2.23. The van der Waals surface area contributed by atoms with Gasteiger partial charge in [0.25, 0.3) is 0 Å². The molecule has 3 aromatic carbocycles. The Morgan fingerprint density at radius 3 is 2.26 bits per heavy atom. The number of carbonyl (C=O) groups excluding carboxylic acids is 1. The van der Waals surface area contributed by atoms with Crippen molar-refractivity contribution in [3.05, 3.63) is 89.5 Å². The van der Waals surface area contributed by atoms with Crippen LogP contribution in [0.15, 0.2) is 72.8 Å². The Morgan fingerprint density at radius 1 is 0.853 bits per heavy atom. The summed E-state index contributed by atoms with van der Waals surface area (Å²) in [6.07, 6.45) is 1.98. The summed E-state index contributed by atoms with van der Waals surface area (Å²) in [4.78, 5) is 12.1. The van der Waals surface area contributed by atoms with Gasteiger partial charge in [0.05, 0.1) is 13.7 Å². The van der Waals surface area contributed by atoms with Crippen molar-refractivity contribution < 1.29 is 23.7 Å². The number of esters is 1. The van der Waals surface area contributed by atoms with Gasteiger partial charge in [0.2, 0.25) is 0 Å². The SMILES string of the molecule is CCOC(=O)C(Cc1ccc(OC/C=C2\c3ccccc3-c3ccc(OC)cc32)cc1)OCC. The van der Waals surface area contributed by atoms with E-state index in [-0.39, 0.29) is 5.97 Å². The minimum absolute atomic E-state index is 0.329. The summed E-state index contributed by atoms with van der Waals surface area (Å²) in [6.45, 7) is 4.89. The predicted molar refractivity (Wildman–Crippen MR) is 133 cm³/mol. The van der Waals surface area contributed by atoms with Crippen molar-refractivity contribution in [2.45, 2.75) is 26.4 Å². The van der Waals surface area contributed by atoms with E-state index in [2.05, 4.69) is 42.5 Å². The van der Waals surface area contributed by atoms with Gasteiger partial charge < -0.3 is 18.9 Å². The molecular weight excluding hydrogens is 428 g/mol. The van der Waals surface area contributed by atoms with Crippen LogP contribution < -0.4 is 9.47 Å². The van der Waals surface area contributed by atoms with Gasteiger partial charge in [-0.25, -0.2) is 4.79 Å². The van der Waals surface area contributed by atoms with Gasteiger partial charge in [0, 0.05) is 13.0 Å². The van der Waals surface area contributed by atoms with Gasteiger partial charge >= 0.3 is 5.97 Å². The largest absolute Gasteiger partial charge is 0.497 e. The first-order valence-electron chi connectivity index (χ1n) is 11.6. The molecule has 3 aromatic rings. The highest BCUT2D eigenvalue weighted by atomic mass is 16.6. The molecule has 0 N–H and O–H groups in total. The molecule has 0 bridgehead atoms. The van der Waals surface area contributed by atoms with Gasteiger partial charge in [-0.3, -0.25) is 0 Å². The topological polar surface area (TPSA) is 54.0 Å². The lowest BCUT2D eigenvalue weighted by atomic mass is 10.0. The van der Waals surface area contributed by atoms with Crippen LogP contribution in [-0.2, 0) is 20.7 Å². The third-order valence-electron chi connectivity index (χ3n) is 5.82. The van der Waals surface area contributed by atoms with E-state index in [1.165, 1.54) is 16.7 Å². The first-order valence-corrected chi connectivity index (χ1v) is 11.6. The number of rotatable bonds is 10. The highest BCUT2D eigenvalue weighted by Crippen LogP contribution is 2.45. The van der Waals surface area contributed by atoms with Crippen LogP contribution in [0.25, 0.3) is 16.7 Å². The lowest BCUT2D eigenvalue weighted by Crippen LogP contribution is -2.28. The Morgan fingerprint density at radius 2 is 1.56 bits per heavy atom. The summed E-state index contributed by atoms with van der Waals surface area (Å²) in [5.41, 5.74) is 6.92. The maximum Gasteiger partial charge on any atom is 0.335 e. The number of benzene rings is 3. The van der Waals surface area contributed by atoms with Crippen molar-refractivity contribution in [1.29, 1.82) is 0 Å². The van der Waals surface area contributed by atoms with Gasteiger partial charge in [-0.2, -0.15) is 0 Å². The summed E-state index contributed by atoms with van der Waals surface area (Å²) in [7, 11) is 1.68. The number of methoxy groups -OCH3 is 1. The molecule has 0 aromatic heterocycles. The van der Waals surface area contributed by atoms with Crippen LogP contribution in [0.5, 0.6) is 11.5 Å². The fraction of sp³-hybridized carbons (Fsp3) is 0.276. The summed E-state index contributed by atoms with van der Waals surface area (Å²) >= 11 is 0. The standard InChI is InChI=1S/C29H30O5/c1-4-32-28(29(30)33-5-2)18-20-10-12-21(13-11-20)34-17-16-26-24-9-7-6-8-23(24)25-15-14-22(31-3)19-27(25)26/h6-16,19,28H,4-5,17-18H2,1-3H3/b26-16+. The second kappa shape index (κ2) is 11.0. The molecule has 0 amide bonds. The highest BCUT2D eigenvalue weighted by molar-refractivity contribution is 6.01. The van der Waals surface area contributed by atoms with Crippen molar-refractivity contribution in [1.82, 2.24) is 0 Å². The van der Waals surface area contributed by atoms with Crippen molar-refractivity contribution in [3.63, 3.8) is 0 Å². The molecule has 176 valence electrons. The van der Waals surface area contributed by atoms with Crippen molar-refractivity contribution in [2.75, 3.05) is 26.9 Å². The van der Waals surface area contributed by atoms with Crippen LogP contribution in [0.4, 0.5) is 0 Å². The van der Waals surface area contributed by atoms with Crippen LogP contribution >= 0.6 is 0 Å². The van der Waals surface area contributed by atoms with E-state index in [1.54, 1.807) is 14.0 Å². The molecular formula is C29H30O5. The Kier molecular flexibility index (Phi) is 7.65. The number of hydrogen-bond acceptors (Lipinski definition) is 5. The van der Waals surface area contributed by atoms with Gasteiger partial charge in [-0.1, -0.05) is 42.5 Å². The number of fused-ring (bicyclic) bond motifs is 3. The van der Waals surface area contributed by atoms with Gasteiger partial charge in [0.15, 0.2) is 6.10 Å². The molecule has 1 aliphatic carbocycles. The Labute approximate surface area is 200 Å². The lowest BCUT2D eigenvalue weighted by Gasteiger charge is -2.15. The van der Waals surface area contributed by atoms with E-state index < -0.39 is 6.10 Å². The average Bonchev–Trinajstić information content (AvgIpc) is 3.18. The fourth-order valence-electron chi connectivity index (χ4n) is 4.23. The third kappa shape index (κ3) is 5.15. The Bertz CT molecular complexity index is 1160. The van der Waals surface area contributed by atoms with Crippen molar-refractivity contribution in [3.8, 4) is 22.6 Å². The molecule has 0 aliphatic heterocycles.